The van der Waals surface area contributed by atoms with E-state index in [1.54, 1.807) is 23.9 Å². The molecule has 0 unspecified atom stereocenters. The fraction of sp³-hybridized carbons (Fsp3) is 0.211. The molecule has 0 radical (unpaired) electrons. The van der Waals surface area contributed by atoms with Crippen molar-refractivity contribution in [3.05, 3.63) is 64.1 Å². The van der Waals surface area contributed by atoms with Crippen LogP contribution in [0.2, 0.25) is 0 Å². The molecule has 1 aliphatic rings. The maximum atomic E-state index is 14.0. The highest BCUT2D eigenvalue weighted by atomic mass is 79.9. The molecule has 0 saturated carbocycles. The van der Waals surface area contributed by atoms with Crippen molar-refractivity contribution in [3.8, 4) is 5.75 Å². The molecule has 0 aliphatic carbocycles. The minimum Gasteiger partial charge on any atom is -0.496 e. The topological polar surface area (TPSA) is 81.1 Å². The Kier molecular flexibility index (Phi) is 5.46. The van der Waals surface area contributed by atoms with Crippen molar-refractivity contribution in [3.63, 3.8) is 0 Å². The van der Waals surface area contributed by atoms with Crippen LogP contribution in [0.5, 0.6) is 5.75 Å². The number of aromatic nitrogens is 3. The van der Waals surface area contributed by atoms with E-state index in [0.29, 0.717) is 16.7 Å². The number of nitrogens with zero attached hydrogens (tertiary/aromatic N) is 3. The van der Waals surface area contributed by atoms with E-state index < -0.39 is 17.1 Å². The van der Waals surface area contributed by atoms with E-state index in [9.17, 15) is 9.18 Å². The number of nitrogens with one attached hydrogen (secondary N) is 2. The maximum Gasteiger partial charge on any atom is 0.240 e. The summed E-state index contributed by atoms with van der Waals surface area (Å²) in [6.45, 7) is 1.82. The Balaban J connectivity index is 1.70. The Labute approximate surface area is 179 Å². The zero-order chi connectivity index (χ0) is 20.5. The number of fused-ring (bicyclic) bond motifs is 1. The second-order valence-corrected chi connectivity index (χ2v) is 8.34. The third-order valence-electron chi connectivity index (χ3n) is 4.52. The SMILES string of the molecule is COc1ccc([C@H]2Nn3c(C)nnc3S[C@H]2C(=O)Nc2ccccc2F)cc1Br. The number of halogens is 2. The fourth-order valence-corrected chi connectivity index (χ4v) is 4.74. The molecule has 0 fully saturated rings. The lowest BCUT2D eigenvalue weighted by Crippen LogP contribution is -2.41. The van der Waals surface area contributed by atoms with Gasteiger partial charge in [-0.15, -0.1) is 10.2 Å². The summed E-state index contributed by atoms with van der Waals surface area (Å²) in [5.41, 5.74) is 4.31. The van der Waals surface area contributed by atoms with Crippen LogP contribution in [0, 0.1) is 12.7 Å². The highest BCUT2D eigenvalue weighted by Gasteiger charge is 2.37. The molecule has 7 nitrogen and oxygen atoms in total. The number of methoxy groups -OCH3 is 1. The number of ether oxygens (including phenoxy) is 1. The lowest BCUT2D eigenvalue weighted by Gasteiger charge is -2.33. The molecule has 29 heavy (non-hydrogen) atoms. The molecule has 2 aromatic carbocycles. The van der Waals surface area contributed by atoms with Crippen LogP contribution in [0.4, 0.5) is 10.1 Å². The maximum absolute atomic E-state index is 14.0. The summed E-state index contributed by atoms with van der Waals surface area (Å²) in [6, 6.07) is 11.3. The van der Waals surface area contributed by atoms with Crippen LogP contribution in [-0.2, 0) is 4.79 Å². The first kappa shape index (κ1) is 19.7. The molecular weight excluding hydrogens is 461 g/mol. The molecule has 1 amide bonds. The summed E-state index contributed by atoms with van der Waals surface area (Å²) in [6.07, 6.45) is 0. The van der Waals surface area contributed by atoms with Crippen molar-refractivity contribution in [1.82, 2.24) is 14.9 Å². The number of rotatable bonds is 4. The van der Waals surface area contributed by atoms with E-state index in [1.807, 2.05) is 25.1 Å². The predicted molar refractivity (Wildman–Crippen MR) is 112 cm³/mol. The Hall–Kier alpha value is -2.59. The first-order valence-corrected chi connectivity index (χ1v) is 10.4. The van der Waals surface area contributed by atoms with E-state index in [4.69, 9.17) is 4.74 Å². The van der Waals surface area contributed by atoms with Crippen molar-refractivity contribution in [2.45, 2.75) is 23.4 Å². The van der Waals surface area contributed by atoms with E-state index in [-0.39, 0.29) is 11.6 Å². The van der Waals surface area contributed by atoms with Gasteiger partial charge in [0.2, 0.25) is 11.1 Å². The molecule has 0 bridgehead atoms. The average molecular weight is 478 g/mol. The van der Waals surface area contributed by atoms with Crippen molar-refractivity contribution in [1.29, 1.82) is 0 Å². The van der Waals surface area contributed by atoms with Crippen LogP contribution in [0.15, 0.2) is 52.1 Å². The van der Waals surface area contributed by atoms with Gasteiger partial charge in [0.25, 0.3) is 0 Å². The molecule has 0 spiro atoms. The minimum absolute atomic E-state index is 0.135. The Morgan fingerprint density at radius 2 is 2.10 bits per heavy atom. The minimum atomic E-state index is -0.606. The summed E-state index contributed by atoms with van der Waals surface area (Å²) >= 11 is 4.77. The van der Waals surface area contributed by atoms with Gasteiger partial charge in [-0.1, -0.05) is 30.0 Å². The lowest BCUT2D eigenvalue weighted by atomic mass is 10.0. The van der Waals surface area contributed by atoms with Gasteiger partial charge in [0.1, 0.15) is 22.6 Å². The van der Waals surface area contributed by atoms with Gasteiger partial charge in [-0.25, -0.2) is 9.07 Å². The molecule has 1 aliphatic heterocycles. The summed E-state index contributed by atoms with van der Waals surface area (Å²) in [4.78, 5) is 13.1. The quantitative estimate of drug-likeness (QED) is 0.593. The highest BCUT2D eigenvalue weighted by molar-refractivity contribution is 9.10. The molecule has 2 atom stereocenters. The summed E-state index contributed by atoms with van der Waals surface area (Å²) < 4.78 is 21.8. The third-order valence-corrected chi connectivity index (χ3v) is 6.36. The van der Waals surface area contributed by atoms with Gasteiger partial charge < -0.3 is 15.5 Å². The zero-order valence-electron chi connectivity index (χ0n) is 15.5. The Morgan fingerprint density at radius 3 is 2.83 bits per heavy atom. The van der Waals surface area contributed by atoms with Crippen LogP contribution < -0.4 is 15.5 Å². The summed E-state index contributed by atoms with van der Waals surface area (Å²) in [5.74, 6) is 0.539. The van der Waals surface area contributed by atoms with Gasteiger partial charge in [-0.3, -0.25) is 4.79 Å². The van der Waals surface area contributed by atoms with Crippen molar-refractivity contribution in [2.24, 2.45) is 0 Å². The first-order valence-electron chi connectivity index (χ1n) is 8.72. The van der Waals surface area contributed by atoms with Gasteiger partial charge in [0.05, 0.1) is 23.3 Å². The molecule has 2 heterocycles. The van der Waals surface area contributed by atoms with Gasteiger partial charge in [0.15, 0.2) is 0 Å². The van der Waals surface area contributed by atoms with Crippen LogP contribution in [0.25, 0.3) is 0 Å². The van der Waals surface area contributed by atoms with E-state index in [2.05, 4.69) is 36.9 Å². The third kappa shape index (κ3) is 3.82. The van der Waals surface area contributed by atoms with Crippen molar-refractivity contribution in [2.75, 3.05) is 17.9 Å². The molecule has 2 N–H and O–H groups in total. The zero-order valence-corrected chi connectivity index (χ0v) is 17.9. The summed E-state index contributed by atoms with van der Waals surface area (Å²) in [7, 11) is 1.59. The molecular formula is C19H17BrFN5O2S. The predicted octanol–water partition coefficient (Wildman–Crippen LogP) is 3.89. The second-order valence-electron chi connectivity index (χ2n) is 6.37. The monoisotopic (exact) mass is 477 g/mol. The molecule has 1 aromatic heterocycles. The normalized spacial score (nSPS) is 17.9. The first-order chi connectivity index (χ1) is 14.0. The number of hydrogen-bond acceptors (Lipinski definition) is 6. The van der Waals surface area contributed by atoms with E-state index >= 15 is 0 Å². The summed E-state index contributed by atoms with van der Waals surface area (Å²) in [5, 5.41) is 10.8. The van der Waals surface area contributed by atoms with E-state index in [1.165, 1.54) is 23.9 Å². The fourth-order valence-electron chi connectivity index (χ4n) is 3.05. The van der Waals surface area contributed by atoms with Gasteiger partial charge in [-0.05, 0) is 52.7 Å². The highest BCUT2D eigenvalue weighted by Crippen LogP contribution is 2.39. The van der Waals surface area contributed by atoms with E-state index in [0.717, 1.165) is 10.0 Å². The number of amides is 1. The smallest absolute Gasteiger partial charge is 0.240 e. The van der Waals surface area contributed by atoms with Crippen LogP contribution >= 0.6 is 27.7 Å². The van der Waals surface area contributed by atoms with Gasteiger partial charge in [-0.2, -0.15) is 0 Å². The van der Waals surface area contributed by atoms with Crippen molar-refractivity contribution >= 4 is 39.3 Å². The van der Waals surface area contributed by atoms with Gasteiger partial charge >= 0.3 is 0 Å². The number of para-hydroxylation sites is 1. The van der Waals surface area contributed by atoms with Gasteiger partial charge in [0, 0.05) is 0 Å². The number of aryl methyl sites for hydroxylation is 1. The van der Waals surface area contributed by atoms with Crippen molar-refractivity contribution < 1.29 is 13.9 Å². The molecule has 10 heteroatoms. The Bertz CT molecular complexity index is 1080. The molecule has 3 aromatic rings. The number of hydrogen-bond donors (Lipinski definition) is 2. The number of anilines is 1. The van der Waals surface area contributed by atoms with Crippen LogP contribution in [0.1, 0.15) is 17.4 Å². The average Bonchev–Trinajstić information content (AvgIpc) is 3.08. The van der Waals surface area contributed by atoms with Crippen LogP contribution in [0.3, 0.4) is 0 Å². The second kappa shape index (κ2) is 8.03. The number of carbonyl (C=O) groups excluding carboxylic acids is 1. The standard InChI is InChI=1S/C19H17BrFN5O2S/c1-10-23-24-19-26(10)25-16(11-7-8-15(28-2)12(20)9-11)17(29-19)18(27)22-14-6-4-3-5-13(14)21/h3-9,16-17,25H,1-2H3,(H,22,27)/t16-,17-/m1/s1. The van der Waals surface area contributed by atoms with Crippen LogP contribution in [-0.4, -0.2) is 33.1 Å². The molecule has 4 rings (SSSR count). The Morgan fingerprint density at radius 1 is 1.31 bits per heavy atom. The number of benzene rings is 2. The molecule has 0 saturated heterocycles. The molecule has 150 valence electrons. The lowest BCUT2D eigenvalue weighted by molar-refractivity contribution is -0.116. The largest absolute Gasteiger partial charge is 0.496 e. The number of carbonyl (C=O) groups is 1. The number of thioether (sulfide) groups is 1.